The summed E-state index contributed by atoms with van der Waals surface area (Å²) in [4.78, 5) is 27.6. The maximum absolute atomic E-state index is 13.3. The molecule has 0 aliphatic carbocycles. The van der Waals surface area contributed by atoms with Crippen molar-refractivity contribution >= 4 is 23.3 Å². The molecular weight excluding hydrogens is 436 g/mol. The highest BCUT2D eigenvalue weighted by Gasteiger charge is 2.25. The monoisotopic (exact) mass is 470 g/mol. The number of benzene rings is 2. The molecule has 2 aromatic rings. The number of nitrogens with one attached hydrogen (secondary N) is 3. The van der Waals surface area contributed by atoms with E-state index in [0.717, 1.165) is 6.54 Å². The number of fused-ring (bicyclic) bond motifs is 1. The van der Waals surface area contributed by atoms with Gasteiger partial charge in [0.25, 0.3) is 5.91 Å². The second-order valence-corrected chi connectivity index (χ2v) is 8.55. The van der Waals surface area contributed by atoms with E-state index in [0.29, 0.717) is 41.6 Å². The van der Waals surface area contributed by atoms with E-state index in [9.17, 15) is 9.59 Å². The summed E-state index contributed by atoms with van der Waals surface area (Å²) in [6.07, 6.45) is -0.120. The number of para-hydroxylation sites is 2. The Bertz CT molecular complexity index is 999. The van der Waals surface area contributed by atoms with Gasteiger partial charge in [-0.3, -0.25) is 4.79 Å². The van der Waals surface area contributed by atoms with Gasteiger partial charge in [-0.1, -0.05) is 19.1 Å². The smallest absolute Gasteiger partial charge is 0.323 e. The molecule has 3 rings (SSSR count). The van der Waals surface area contributed by atoms with E-state index in [2.05, 4.69) is 22.9 Å². The summed E-state index contributed by atoms with van der Waals surface area (Å²) in [5.41, 5.74) is 1.37. The molecule has 2 aromatic carbocycles. The van der Waals surface area contributed by atoms with Crippen molar-refractivity contribution in [3.05, 3.63) is 48.0 Å². The van der Waals surface area contributed by atoms with Crippen LogP contribution in [0.4, 0.5) is 16.2 Å². The number of anilines is 2. The molecule has 1 aliphatic rings. The Balaban J connectivity index is 1.83. The lowest BCUT2D eigenvalue weighted by Crippen LogP contribution is -2.44. The lowest BCUT2D eigenvalue weighted by Gasteiger charge is -2.30. The molecular formula is C25H34N4O5. The molecule has 3 atom stereocenters. The zero-order valence-electron chi connectivity index (χ0n) is 20.4. The Morgan fingerprint density at radius 1 is 1.15 bits per heavy atom. The van der Waals surface area contributed by atoms with Crippen LogP contribution in [0.15, 0.2) is 42.5 Å². The number of urea groups is 1. The van der Waals surface area contributed by atoms with Gasteiger partial charge >= 0.3 is 6.03 Å². The Kier molecular flexibility index (Phi) is 8.72. The number of hydrogen-bond acceptors (Lipinski definition) is 6. The van der Waals surface area contributed by atoms with Crippen LogP contribution in [0.2, 0.25) is 0 Å². The minimum atomic E-state index is -0.453. The number of nitrogens with zero attached hydrogens (tertiary/aromatic N) is 1. The topological polar surface area (TPSA) is 101 Å². The van der Waals surface area contributed by atoms with Gasteiger partial charge in [0, 0.05) is 39.0 Å². The summed E-state index contributed by atoms with van der Waals surface area (Å²) in [5.74, 6) is 1.00. The average Bonchev–Trinajstić information content (AvgIpc) is 2.84. The van der Waals surface area contributed by atoms with Crippen molar-refractivity contribution < 1.29 is 23.8 Å². The lowest BCUT2D eigenvalue weighted by atomic mass is 10.0. The molecule has 1 heterocycles. The maximum atomic E-state index is 13.3. The summed E-state index contributed by atoms with van der Waals surface area (Å²) >= 11 is 0. The van der Waals surface area contributed by atoms with Crippen molar-refractivity contribution in [2.75, 3.05) is 51.6 Å². The molecule has 3 amide bonds. The highest BCUT2D eigenvalue weighted by molar-refractivity contribution is 6.03. The lowest BCUT2D eigenvalue weighted by molar-refractivity contribution is 0.0281. The third-order valence-electron chi connectivity index (χ3n) is 5.84. The van der Waals surface area contributed by atoms with Gasteiger partial charge in [-0.25, -0.2) is 4.79 Å². The van der Waals surface area contributed by atoms with Crippen molar-refractivity contribution in [3.63, 3.8) is 0 Å². The summed E-state index contributed by atoms with van der Waals surface area (Å²) in [5, 5.41) is 9.00. The van der Waals surface area contributed by atoms with Crippen molar-refractivity contribution in [3.8, 4) is 11.5 Å². The quantitative estimate of drug-likeness (QED) is 0.633. The first-order valence-electron chi connectivity index (χ1n) is 11.3. The van der Waals surface area contributed by atoms with E-state index in [1.54, 1.807) is 55.5 Å². The van der Waals surface area contributed by atoms with Gasteiger partial charge in [-0.15, -0.1) is 0 Å². The highest BCUT2D eigenvalue weighted by Crippen LogP contribution is 2.27. The normalized spacial score (nSPS) is 21.4. The first-order valence-corrected chi connectivity index (χ1v) is 11.3. The summed E-state index contributed by atoms with van der Waals surface area (Å²) < 4.78 is 16.9. The zero-order chi connectivity index (χ0) is 24.7. The van der Waals surface area contributed by atoms with Crippen molar-refractivity contribution in [1.29, 1.82) is 0 Å². The fourth-order valence-electron chi connectivity index (χ4n) is 3.77. The van der Waals surface area contributed by atoms with Gasteiger partial charge in [-0.2, -0.15) is 0 Å². The highest BCUT2D eigenvalue weighted by atomic mass is 16.5. The summed E-state index contributed by atoms with van der Waals surface area (Å²) in [6.45, 7) is 5.70. The van der Waals surface area contributed by atoms with E-state index in [1.807, 2.05) is 13.0 Å². The first-order chi connectivity index (χ1) is 16.3. The molecule has 0 spiro atoms. The fourth-order valence-corrected chi connectivity index (χ4v) is 3.77. The van der Waals surface area contributed by atoms with Crippen LogP contribution in [-0.2, 0) is 4.74 Å². The van der Waals surface area contributed by atoms with E-state index >= 15 is 0 Å². The molecule has 0 unspecified atom stereocenters. The Labute approximate surface area is 200 Å². The molecule has 184 valence electrons. The maximum Gasteiger partial charge on any atom is 0.323 e. The van der Waals surface area contributed by atoms with Crippen LogP contribution in [0.1, 0.15) is 24.2 Å². The molecule has 0 fully saturated rings. The number of carbonyl (C=O) groups excluding carboxylic acids is 2. The van der Waals surface area contributed by atoms with Gasteiger partial charge in [0.05, 0.1) is 24.5 Å². The third kappa shape index (κ3) is 6.39. The van der Waals surface area contributed by atoms with E-state index < -0.39 is 6.03 Å². The van der Waals surface area contributed by atoms with Crippen molar-refractivity contribution in [1.82, 2.24) is 10.2 Å². The SMILES string of the molecule is COc1ccccc1NC(=O)Nc1ccc2c(c1)C(=O)N(C)C[C@@H](OC)[C@@H](C)CN[C@H](C)CO2. The molecule has 0 bridgehead atoms. The molecule has 34 heavy (non-hydrogen) atoms. The number of methoxy groups -OCH3 is 2. The standard InChI is InChI=1S/C25H34N4O5/c1-16-13-26-17(2)15-34-21-11-10-18(12-19(21)24(30)29(3)14-23(16)33-5)27-25(31)28-20-8-6-7-9-22(20)32-4/h6-12,16-17,23,26H,13-15H2,1-5H3,(H2,27,28,31)/t16-,17+,23+/m0/s1. The van der Waals surface area contributed by atoms with Gasteiger partial charge in [-0.05, 0) is 43.2 Å². The Morgan fingerprint density at radius 2 is 1.91 bits per heavy atom. The predicted octanol–water partition coefficient (Wildman–Crippen LogP) is 3.43. The number of hydrogen-bond donors (Lipinski definition) is 3. The van der Waals surface area contributed by atoms with Crippen molar-refractivity contribution in [2.24, 2.45) is 5.92 Å². The third-order valence-corrected chi connectivity index (χ3v) is 5.84. The van der Waals surface area contributed by atoms with E-state index in [4.69, 9.17) is 14.2 Å². The van der Waals surface area contributed by atoms with Crippen LogP contribution in [0, 0.1) is 5.92 Å². The molecule has 3 N–H and O–H groups in total. The second-order valence-electron chi connectivity index (χ2n) is 8.55. The molecule has 1 aliphatic heterocycles. The number of ether oxygens (including phenoxy) is 3. The van der Waals surface area contributed by atoms with Crippen LogP contribution >= 0.6 is 0 Å². The Morgan fingerprint density at radius 3 is 2.65 bits per heavy atom. The summed E-state index contributed by atoms with van der Waals surface area (Å²) in [6, 6.07) is 11.8. The molecule has 0 saturated carbocycles. The average molecular weight is 471 g/mol. The second kappa shape index (κ2) is 11.7. The number of rotatable bonds is 4. The van der Waals surface area contributed by atoms with E-state index in [-0.39, 0.29) is 24.0 Å². The molecule has 0 aromatic heterocycles. The Hall–Kier alpha value is -3.30. The fraction of sp³-hybridized carbons (Fsp3) is 0.440. The van der Waals surface area contributed by atoms with Gasteiger partial charge in [0.1, 0.15) is 18.1 Å². The van der Waals surface area contributed by atoms with Crippen LogP contribution in [0.5, 0.6) is 11.5 Å². The van der Waals surface area contributed by atoms with Gasteiger partial charge < -0.3 is 35.1 Å². The number of carbonyl (C=O) groups is 2. The first kappa shape index (κ1) is 25.3. The van der Waals surface area contributed by atoms with E-state index in [1.165, 1.54) is 7.11 Å². The molecule has 9 heteroatoms. The van der Waals surface area contributed by atoms with Gasteiger partial charge in [0.2, 0.25) is 0 Å². The molecule has 9 nitrogen and oxygen atoms in total. The largest absolute Gasteiger partial charge is 0.495 e. The summed E-state index contributed by atoms with van der Waals surface area (Å²) in [7, 11) is 4.94. The van der Waals surface area contributed by atoms with Crippen LogP contribution in [0.3, 0.4) is 0 Å². The minimum Gasteiger partial charge on any atom is -0.495 e. The predicted molar refractivity (Wildman–Crippen MR) is 132 cm³/mol. The van der Waals surface area contributed by atoms with Crippen LogP contribution in [-0.4, -0.2) is 69.9 Å². The van der Waals surface area contributed by atoms with Gasteiger partial charge in [0.15, 0.2) is 0 Å². The van der Waals surface area contributed by atoms with Crippen LogP contribution in [0.25, 0.3) is 0 Å². The minimum absolute atomic E-state index is 0.0875. The van der Waals surface area contributed by atoms with Crippen molar-refractivity contribution in [2.45, 2.75) is 26.0 Å². The number of likely N-dealkylation sites (N-methyl/N-ethyl adjacent to an activating group) is 1. The zero-order valence-corrected chi connectivity index (χ0v) is 20.4. The molecule has 0 saturated heterocycles. The van der Waals surface area contributed by atoms with Crippen LogP contribution < -0.4 is 25.4 Å². The number of amides is 3. The molecule has 0 radical (unpaired) electrons.